The third-order valence-electron chi connectivity index (χ3n) is 4.85. The number of unbranched alkanes of at least 4 members (excludes halogenated alkanes) is 1. The number of sulfone groups is 1. The quantitative estimate of drug-likeness (QED) is 0.512. The number of hydrogen-bond acceptors (Lipinski definition) is 6. The van der Waals surface area contributed by atoms with E-state index in [-0.39, 0.29) is 11.7 Å². The molecule has 8 heteroatoms. The number of carbonyl (C=O) groups excluding carboxylic acids is 1. The summed E-state index contributed by atoms with van der Waals surface area (Å²) < 4.78 is 25.1. The molecule has 3 heterocycles. The highest BCUT2D eigenvalue weighted by Crippen LogP contribution is 2.40. The lowest BCUT2D eigenvalue weighted by Gasteiger charge is -2.20. The van der Waals surface area contributed by atoms with Crippen molar-refractivity contribution in [3.05, 3.63) is 22.4 Å². The SMILES string of the molecule is O=C(CCCC[C@H]1CCSS1)N1CC[C@H](c2cccs2)S(=O)(=O)CC1. The topological polar surface area (TPSA) is 54.5 Å². The first kappa shape index (κ1) is 19.6. The molecule has 0 aromatic carbocycles. The fourth-order valence-corrected chi connectivity index (χ4v) is 9.39. The van der Waals surface area contributed by atoms with Crippen LogP contribution in [0.25, 0.3) is 0 Å². The van der Waals surface area contributed by atoms with Gasteiger partial charge < -0.3 is 4.90 Å². The van der Waals surface area contributed by atoms with Crippen LogP contribution >= 0.6 is 32.9 Å². The molecule has 0 unspecified atom stereocenters. The first-order valence-corrected chi connectivity index (χ1v) is 13.8. The average Bonchev–Trinajstić information content (AvgIpc) is 3.25. The van der Waals surface area contributed by atoms with Crippen LogP contribution in [0.3, 0.4) is 0 Å². The number of nitrogens with zero attached hydrogens (tertiary/aromatic N) is 1. The third-order valence-corrected chi connectivity index (χ3v) is 11.1. The second-order valence-electron chi connectivity index (χ2n) is 6.62. The van der Waals surface area contributed by atoms with E-state index in [1.807, 2.05) is 39.1 Å². The van der Waals surface area contributed by atoms with Crippen LogP contribution in [0.5, 0.6) is 0 Å². The molecule has 0 spiro atoms. The number of thiophene rings is 1. The Labute approximate surface area is 162 Å². The van der Waals surface area contributed by atoms with Crippen LogP contribution in [-0.4, -0.2) is 49.1 Å². The number of rotatable bonds is 6. The van der Waals surface area contributed by atoms with Crippen molar-refractivity contribution in [1.29, 1.82) is 0 Å². The largest absolute Gasteiger partial charge is 0.342 e. The van der Waals surface area contributed by atoms with Crippen LogP contribution in [0.15, 0.2) is 17.5 Å². The van der Waals surface area contributed by atoms with E-state index in [1.54, 1.807) is 4.90 Å². The zero-order valence-corrected chi connectivity index (χ0v) is 17.5. The zero-order valence-electron chi connectivity index (χ0n) is 14.3. The zero-order chi connectivity index (χ0) is 17.7. The first-order valence-electron chi connectivity index (χ1n) is 8.87. The molecule has 4 nitrogen and oxygen atoms in total. The van der Waals surface area contributed by atoms with Crippen molar-refractivity contribution in [3.8, 4) is 0 Å². The molecule has 0 N–H and O–H groups in total. The highest BCUT2D eigenvalue weighted by atomic mass is 33.1. The lowest BCUT2D eigenvalue weighted by molar-refractivity contribution is -0.131. The van der Waals surface area contributed by atoms with E-state index in [0.29, 0.717) is 25.9 Å². The average molecular weight is 420 g/mol. The van der Waals surface area contributed by atoms with Crippen molar-refractivity contribution in [2.45, 2.75) is 49.0 Å². The summed E-state index contributed by atoms with van der Waals surface area (Å²) in [4.78, 5) is 15.1. The second kappa shape index (κ2) is 9.15. The predicted octanol–water partition coefficient (Wildman–Crippen LogP) is 4.15. The Kier molecular flexibility index (Phi) is 7.17. The fourth-order valence-electron chi connectivity index (χ4n) is 3.36. The third kappa shape index (κ3) is 5.40. The van der Waals surface area contributed by atoms with Gasteiger partial charge >= 0.3 is 0 Å². The molecule has 1 aromatic rings. The van der Waals surface area contributed by atoms with Gasteiger partial charge in [-0.3, -0.25) is 4.79 Å². The molecule has 0 bridgehead atoms. The van der Waals surface area contributed by atoms with E-state index in [9.17, 15) is 13.2 Å². The van der Waals surface area contributed by atoms with Gasteiger partial charge in [-0.1, -0.05) is 34.1 Å². The van der Waals surface area contributed by atoms with Crippen LogP contribution in [0, 0.1) is 0 Å². The lowest BCUT2D eigenvalue weighted by Crippen LogP contribution is -2.33. The van der Waals surface area contributed by atoms with Crippen molar-refractivity contribution >= 4 is 48.7 Å². The summed E-state index contributed by atoms with van der Waals surface area (Å²) in [7, 11) is 0.768. The molecule has 2 fully saturated rings. The molecule has 0 aliphatic carbocycles. The fraction of sp³-hybridized carbons (Fsp3) is 0.706. The number of hydrogen-bond donors (Lipinski definition) is 0. The Hall–Kier alpha value is -0.180. The highest BCUT2D eigenvalue weighted by molar-refractivity contribution is 8.77. The van der Waals surface area contributed by atoms with Crippen LogP contribution < -0.4 is 0 Å². The maximum Gasteiger partial charge on any atom is 0.222 e. The van der Waals surface area contributed by atoms with Gasteiger partial charge in [-0.2, -0.15) is 0 Å². The summed E-state index contributed by atoms with van der Waals surface area (Å²) in [6, 6.07) is 3.79. The van der Waals surface area contributed by atoms with E-state index >= 15 is 0 Å². The molecule has 2 atom stereocenters. The lowest BCUT2D eigenvalue weighted by atomic mass is 10.1. The van der Waals surface area contributed by atoms with Crippen LogP contribution in [0.2, 0.25) is 0 Å². The van der Waals surface area contributed by atoms with E-state index in [4.69, 9.17) is 0 Å². The van der Waals surface area contributed by atoms with E-state index in [2.05, 4.69) is 0 Å². The molecule has 2 aliphatic rings. The van der Waals surface area contributed by atoms with E-state index in [0.717, 1.165) is 23.0 Å². The molecule has 0 radical (unpaired) electrons. The smallest absolute Gasteiger partial charge is 0.222 e. The van der Waals surface area contributed by atoms with Crippen LogP contribution in [0.1, 0.15) is 48.7 Å². The molecule has 3 rings (SSSR count). The second-order valence-corrected chi connectivity index (χ2v) is 12.7. The monoisotopic (exact) mass is 419 g/mol. The Bertz CT molecular complexity index is 653. The molecule has 2 saturated heterocycles. The van der Waals surface area contributed by atoms with Crippen molar-refractivity contribution < 1.29 is 13.2 Å². The van der Waals surface area contributed by atoms with Crippen molar-refractivity contribution in [3.63, 3.8) is 0 Å². The molecule has 140 valence electrons. The van der Waals surface area contributed by atoms with Gasteiger partial charge in [-0.05, 0) is 37.1 Å². The molecular formula is C17H25NO3S4. The Morgan fingerprint density at radius 1 is 1.24 bits per heavy atom. The standard InChI is InChI=1S/C17H25NO3S4/c19-17(6-2-1-4-14-8-12-23-24-14)18-9-7-16(15-5-3-11-22-15)25(20,21)13-10-18/h3,5,11,14,16H,1-2,4,6-10,12-13H2/t14-,16+/m0/s1. The predicted molar refractivity (Wildman–Crippen MR) is 109 cm³/mol. The molecule has 0 saturated carbocycles. The Morgan fingerprint density at radius 2 is 2.12 bits per heavy atom. The summed E-state index contributed by atoms with van der Waals surface area (Å²) in [6.45, 7) is 0.897. The van der Waals surface area contributed by atoms with Gasteiger partial charge in [0.05, 0.1) is 11.0 Å². The van der Waals surface area contributed by atoms with Gasteiger partial charge in [-0.25, -0.2) is 8.42 Å². The highest BCUT2D eigenvalue weighted by Gasteiger charge is 2.33. The number of amides is 1. The minimum absolute atomic E-state index is 0.0806. The summed E-state index contributed by atoms with van der Waals surface area (Å²) in [6.07, 6.45) is 5.56. The van der Waals surface area contributed by atoms with Gasteiger partial charge in [0.2, 0.25) is 5.91 Å². The molecular weight excluding hydrogens is 394 g/mol. The minimum Gasteiger partial charge on any atom is -0.342 e. The normalized spacial score (nSPS) is 26.5. The van der Waals surface area contributed by atoms with Gasteiger partial charge in [0.25, 0.3) is 0 Å². The maximum atomic E-state index is 12.5. The first-order chi connectivity index (χ1) is 12.1. The van der Waals surface area contributed by atoms with E-state index in [1.165, 1.54) is 29.9 Å². The Balaban J connectivity index is 1.47. The van der Waals surface area contributed by atoms with Crippen LogP contribution in [0.4, 0.5) is 0 Å². The molecule has 1 aromatic heterocycles. The molecule has 1 amide bonds. The summed E-state index contributed by atoms with van der Waals surface area (Å²) in [5, 5.41) is 2.23. The maximum absolute atomic E-state index is 12.5. The van der Waals surface area contributed by atoms with Crippen LogP contribution in [-0.2, 0) is 14.6 Å². The van der Waals surface area contributed by atoms with Gasteiger partial charge in [-0.15, -0.1) is 11.3 Å². The summed E-state index contributed by atoms with van der Waals surface area (Å²) in [5.74, 6) is 1.45. The van der Waals surface area contributed by atoms with Crippen molar-refractivity contribution in [2.75, 3.05) is 24.6 Å². The van der Waals surface area contributed by atoms with Gasteiger partial charge in [0.15, 0.2) is 9.84 Å². The van der Waals surface area contributed by atoms with Crippen molar-refractivity contribution in [1.82, 2.24) is 4.90 Å². The minimum atomic E-state index is -3.17. The van der Waals surface area contributed by atoms with E-state index < -0.39 is 15.1 Å². The molecule has 25 heavy (non-hydrogen) atoms. The molecule has 2 aliphatic heterocycles. The summed E-state index contributed by atoms with van der Waals surface area (Å²) >= 11 is 1.49. The summed E-state index contributed by atoms with van der Waals surface area (Å²) in [5.41, 5.74) is 0. The van der Waals surface area contributed by atoms with Crippen molar-refractivity contribution in [2.24, 2.45) is 0 Å². The Morgan fingerprint density at radius 3 is 2.84 bits per heavy atom. The van der Waals surface area contributed by atoms with Gasteiger partial charge in [0.1, 0.15) is 0 Å². The number of carbonyl (C=O) groups is 1. The van der Waals surface area contributed by atoms with Gasteiger partial charge in [0, 0.05) is 35.4 Å².